The Kier molecular flexibility index (Phi) is 13.3. The Morgan fingerprint density at radius 1 is 0.600 bits per heavy atom. The van der Waals surface area contributed by atoms with Crippen molar-refractivity contribution in [1.82, 2.24) is 9.97 Å². The Balaban J connectivity index is 0.000000447. The average Bonchev–Trinajstić information content (AvgIpc) is 2.57. The molecule has 0 atom stereocenters. The summed E-state index contributed by atoms with van der Waals surface area (Å²) in [4.78, 5) is 7.97. The lowest BCUT2D eigenvalue weighted by Crippen LogP contribution is -2.05. The molecule has 2 aromatic rings. The Morgan fingerprint density at radius 2 is 0.867 bits per heavy atom. The van der Waals surface area contributed by atoms with E-state index >= 15 is 0 Å². The molecule has 0 unspecified atom stereocenters. The summed E-state index contributed by atoms with van der Waals surface area (Å²) in [6, 6.07) is 4.21. The molecular formula is C20H32N2O6S2. The number of aromatic nitrogens is 2. The quantitative estimate of drug-likeness (QED) is 0.471. The summed E-state index contributed by atoms with van der Waals surface area (Å²) in [5, 5.41) is 0. The van der Waals surface area contributed by atoms with Gasteiger partial charge in [0.1, 0.15) is 0 Å². The molecule has 2 rings (SSSR count). The van der Waals surface area contributed by atoms with Crippen LogP contribution in [0.25, 0.3) is 0 Å². The molecule has 2 heterocycles. The van der Waals surface area contributed by atoms with E-state index in [1.165, 1.54) is 22.3 Å². The van der Waals surface area contributed by atoms with Crippen molar-refractivity contribution in [3.8, 4) is 0 Å². The highest BCUT2D eigenvalue weighted by Crippen LogP contribution is 2.03. The zero-order valence-corrected chi connectivity index (χ0v) is 19.6. The molecule has 0 saturated carbocycles. The molecule has 0 aromatic carbocycles. The maximum absolute atomic E-state index is 10.2. The second-order valence-corrected chi connectivity index (χ2v) is 10.2. The van der Waals surface area contributed by atoms with E-state index in [2.05, 4.69) is 22.1 Å². The van der Waals surface area contributed by atoms with Gasteiger partial charge in [0.15, 0.2) is 0 Å². The van der Waals surface area contributed by atoms with Crippen LogP contribution in [-0.2, 0) is 20.2 Å². The van der Waals surface area contributed by atoms with Gasteiger partial charge in [-0.3, -0.25) is 19.1 Å². The van der Waals surface area contributed by atoms with Gasteiger partial charge in [0.25, 0.3) is 20.2 Å². The van der Waals surface area contributed by atoms with Crippen molar-refractivity contribution in [3.63, 3.8) is 0 Å². The van der Waals surface area contributed by atoms with Crippen molar-refractivity contribution in [2.45, 2.75) is 53.4 Å². The minimum absolute atomic E-state index is 0.296. The molecule has 30 heavy (non-hydrogen) atoms. The van der Waals surface area contributed by atoms with Gasteiger partial charge in [-0.05, 0) is 62.8 Å². The highest BCUT2D eigenvalue weighted by Gasteiger charge is 2.05. The highest BCUT2D eigenvalue weighted by atomic mass is 32.2. The number of hydrogen-bond donors (Lipinski definition) is 2. The SMILES string of the molecule is Cc1cncc(C)c1.Cc1cncc(C)c1.O=S(=O)(O)CCCCCCS(=O)(=O)O. The summed E-state index contributed by atoms with van der Waals surface area (Å²) in [6.07, 6.45) is 9.03. The molecule has 2 N–H and O–H groups in total. The first-order chi connectivity index (χ1) is 13.8. The Labute approximate surface area is 180 Å². The third kappa shape index (κ3) is 19.4. The number of rotatable bonds is 7. The fraction of sp³-hybridized carbons (Fsp3) is 0.500. The number of unbranched alkanes of at least 4 members (excludes halogenated alkanes) is 3. The van der Waals surface area contributed by atoms with Crippen LogP contribution in [0.4, 0.5) is 0 Å². The summed E-state index contributed by atoms with van der Waals surface area (Å²) >= 11 is 0. The molecule has 0 bridgehead atoms. The van der Waals surface area contributed by atoms with Crippen LogP contribution in [0.1, 0.15) is 47.9 Å². The summed E-state index contributed by atoms with van der Waals surface area (Å²) in [5.41, 5.74) is 4.91. The molecule has 0 fully saturated rings. The summed E-state index contributed by atoms with van der Waals surface area (Å²) in [7, 11) is -7.81. The maximum atomic E-state index is 10.2. The number of hydrogen-bond acceptors (Lipinski definition) is 6. The number of nitrogens with zero attached hydrogens (tertiary/aromatic N) is 2. The predicted octanol–water partition coefficient (Wildman–Crippen LogP) is 3.72. The first-order valence-electron chi connectivity index (χ1n) is 9.45. The Hall–Kier alpha value is -1.88. The molecular weight excluding hydrogens is 428 g/mol. The van der Waals surface area contributed by atoms with E-state index < -0.39 is 20.2 Å². The first-order valence-corrected chi connectivity index (χ1v) is 12.7. The van der Waals surface area contributed by atoms with E-state index in [1.807, 2.05) is 52.5 Å². The fourth-order valence-corrected chi connectivity index (χ4v) is 3.47. The Bertz CT molecular complexity index is 847. The van der Waals surface area contributed by atoms with E-state index in [-0.39, 0.29) is 11.5 Å². The molecule has 2 aromatic heterocycles. The van der Waals surface area contributed by atoms with E-state index in [0.29, 0.717) is 25.7 Å². The topological polar surface area (TPSA) is 135 Å². The molecule has 0 radical (unpaired) electrons. The Morgan fingerprint density at radius 3 is 1.03 bits per heavy atom. The second-order valence-electron chi connectivity index (χ2n) is 7.07. The third-order valence-corrected chi connectivity index (χ3v) is 5.19. The maximum Gasteiger partial charge on any atom is 0.264 e. The highest BCUT2D eigenvalue weighted by molar-refractivity contribution is 7.86. The van der Waals surface area contributed by atoms with Gasteiger partial charge in [-0.25, -0.2) is 0 Å². The lowest BCUT2D eigenvalue weighted by atomic mass is 10.2. The van der Waals surface area contributed by atoms with Gasteiger partial charge in [0, 0.05) is 24.8 Å². The normalized spacial score (nSPS) is 11.0. The van der Waals surface area contributed by atoms with Crippen molar-refractivity contribution >= 4 is 20.2 Å². The lowest BCUT2D eigenvalue weighted by molar-refractivity contribution is 0.473. The van der Waals surface area contributed by atoms with Crippen LogP contribution in [-0.4, -0.2) is 47.4 Å². The van der Waals surface area contributed by atoms with Crippen LogP contribution in [0.2, 0.25) is 0 Å². The van der Waals surface area contributed by atoms with Crippen molar-refractivity contribution < 1.29 is 25.9 Å². The van der Waals surface area contributed by atoms with Gasteiger partial charge in [0.05, 0.1) is 11.5 Å². The van der Waals surface area contributed by atoms with Crippen LogP contribution < -0.4 is 0 Å². The van der Waals surface area contributed by atoms with E-state index in [0.717, 1.165) is 0 Å². The van der Waals surface area contributed by atoms with Gasteiger partial charge in [-0.15, -0.1) is 0 Å². The summed E-state index contributed by atoms with van der Waals surface area (Å²) in [5.74, 6) is -0.613. The van der Waals surface area contributed by atoms with E-state index in [4.69, 9.17) is 9.11 Å². The summed E-state index contributed by atoms with van der Waals surface area (Å²) < 4.78 is 57.7. The standard InChI is InChI=1S/2C7H9N.C6H14O6S2/c2*1-6-3-7(2)5-8-4-6;7-13(8,9)5-3-1-2-4-6-14(10,11)12/h2*3-5H,1-2H3;1-6H2,(H,7,8,9)(H,10,11,12). The van der Waals surface area contributed by atoms with Crippen molar-refractivity contribution in [1.29, 1.82) is 0 Å². The van der Waals surface area contributed by atoms with Crippen molar-refractivity contribution in [2.75, 3.05) is 11.5 Å². The largest absolute Gasteiger partial charge is 0.286 e. The monoisotopic (exact) mass is 460 g/mol. The average molecular weight is 461 g/mol. The summed E-state index contributed by atoms with van der Waals surface area (Å²) in [6.45, 7) is 8.17. The number of pyridine rings is 2. The van der Waals surface area contributed by atoms with E-state index in [9.17, 15) is 16.8 Å². The van der Waals surface area contributed by atoms with Crippen molar-refractivity contribution in [2.24, 2.45) is 0 Å². The van der Waals surface area contributed by atoms with E-state index in [1.54, 1.807) is 0 Å². The minimum atomic E-state index is -3.91. The molecule has 170 valence electrons. The molecule has 0 saturated heterocycles. The van der Waals surface area contributed by atoms with Crippen LogP contribution in [0, 0.1) is 27.7 Å². The van der Waals surface area contributed by atoms with Crippen LogP contribution in [0.5, 0.6) is 0 Å². The van der Waals surface area contributed by atoms with Gasteiger partial charge in [0.2, 0.25) is 0 Å². The first kappa shape index (κ1) is 28.1. The number of aryl methyl sites for hydroxylation is 4. The molecule has 0 spiro atoms. The zero-order valence-electron chi connectivity index (χ0n) is 17.9. The fourth-order valence-electron chi connectivity index (χ4n) is 2.33. The minimum Gasteiger partial charge on any atom is -0.286 e. The van der Waals surface area contributed by atoms with Gasteiger partial charge < -0.3 is 0 Å². The van der Waals surface area contributed by atoms with Gasteiger partial charge >= 0.3 is 0 Å². The molecule has 0 amide bonds. The molecule has 0 aliphatic heterocycles. The predicted molar refractivity (Wildman–Crippen MR) is 119 cm³/mol. The zero-order chi connectivity index (χ0) is 23.2. The van der Waals surface area contributed by atoms with Crippen molar-refractivity contribution in [3.05, 3.63) is 59.2 Å². The second kappa shape index (κ2) is 14.2. The van der Waals surface area contributed by atoms with Crippen LogP contribution in [0.3, 0.4) is 0 Å². The molecule has 0 aliphatic carbocycles. The molecule has 8 nitrogen and oxygen atoms in total. The van der Waals surface area contributed by atoms with Gasteiger partial charge in [-0.2, -0.15) is 16.8 Å². The van der Waals surface area contributed by atoms with Gasteiger partial charge in [-0.1, -0.05) is 25.0 Å². The smallest absolute Gasteiger partial charge is 0.264 e. The third-order valence-electron chi connectivity index (χ3n) is 3.58. The van der Waals surface area contributed by atoms with Crippen LogP contribution in [0.15, 0.2) is 36.9 Å². The molecule has 0 aliphatic rings. The molecule has 10 heteroatoms. The van der Waals surface area contributed by atoms with Crippen LogP contribution >= 0.6 is 0 Å². The lowest BCUT2D eigenvalue weighted by Gasteiger charge is -1.98.